The number of pyridine rings is 1. The number of aromatic amines is 1. The number of hydrogen-bond acceptors (Lipinski definition) is 2. The number of rotatable bonds is 3. The Bertz CT molecular complexity index is 937. The maximum absolute atomic E-state index is 12.4. The monoisotopic (exact) mass is 287 g/mol. The number of nitrogens with zero attached hydrogens (tertiary/aromatic N) is 2. The van der Waals surface area contributed by atoms with Crippen LogP contribution in [0.2, 0.25) is 0 Å². The van der Waals surface area contributed by atoms with E-state index >= 15 is 0 Å². The molecular formula is C18H13N3O. The lowest BCUT2D eigenvalue weighted by atomic mass is 10.1. The van der Waals surface area contributed by atoms with Crippen LogP contribution in [0.3, 0.4) is 0 Å². The van der Waals surface area contributed by atoms with Crippen molar-refractivity contribution in [3.8, 4) is 11.1 Å². The van der Waals surface area contributed by atoms with Crippen molar-refractivity contribution in [2.24, 2.45) is 0 Å². The number of nitrogens with one attached hydrogen (secondary N) is 1. The molecule has 0 radical (unpaired) electrons. The molecule has 0 unspecified atom stereocenters. The Labute approximate surface area is 127 Å². The highest BCUT2D eigenvalue weighted by Crippen LogP contribution is 2.20. The van der Waals surface area contributed by atoms with Gasteiger partial charge in [-0.1, -0.05) is 30.3 Å². The summed E-state index contributed by atoms with van der Waals surface area (Å²) >= 11 is 0. The number of aromatic nitrogens is 3. The average Bonchev–Trinajstić information content (AvgIpc) is 3.23. The number of ketones is 1. The van der Waals surface area contributed by atoms with Crippen LogP contribution in [0.1, 0.15) is 16.1 Å². The number of fused-ring (bicyclic) bond motifs is 1. The summed E-state index contributed by atoms with van der Waals surface area (Å²) in [6.07, 6.45) is 7.58. The van der Waals surface area contributed by atoms with Gasteiger partial charge in [-0.05, 0) is 23.8 Å². The third kappa shape index (κ3) is 2.11. The van der Waals surface area contributed by atoms with Gasteiger partial charge >= 0.3 is 0 Å². The Morgan fingerprint density at radius 1 is 0.955 bits per heavy atom. The van der Waals surface area contributed by atoms with Gasteiger partial charge < -0.3 is 9.38 Å². The van der Waals surface area contributed by atoms with E-state index in [1.165, 1.54) is 0 Å². The second-order valence-corrected chi connectivity index (χ2v) is 5.10. The highest BCUT2D eigenvalue weighted by Gasteiger charge is 2.13. The first-order valence-corrected chi connectivity index (χ1v) is 7.03. The Hall–Kier alpha value is -3.14. The van der Waals surface area contributed by atoms with Crippen LogP contribution < -0.4 is 0 Å². The molecule has 0 bridgehead atoms. The first-order chi connectivity index (χ1) is 10.8. The first-order valence-electron chi connectivity index (χ1n) is 7.03. The second-order valence-electron chi connectivity index (χ2n) is 5.10. The molecule has 3 aromatic heterocycles. The zero-order chi connectivity index (χ0) is 14.9. The minimum absolute atomic E-state index is 0.0625. The summed E-state index contributed by atoms with van der Waals surface area (Å²) < 4.78 is 1.89. The number of benzene rings is 1. The van der Waals surface area contributed by atoms with Gasteiger partial charge in [-0.15, -0.1) is 0 Å². The van der Waals surface area contributed by atoms with E-state index in [2.05, 4.69) is 9.97 Å². The Kier molecular flexibility index (Phi) is 2.86. The fourth-order valence-corrected chi connectivity index (χ4v) is 2.51. The highest BCUT2D eigenvalue weighted by molar-refractivity contribution is 6.07. The van der Waals surface area contributed by atoms with Crippen molar-refractivity contribution in [3.63, 3.8) is 0 Å². The van der Waals surface area contributed by atoms with E-state index in [-0.39, 0.29) is 5.78 Å². The molecule has 0 spiro atoms. The SMILES string of the molecule is O=C(c1ccccc1)c1cn2cc(-c3cc[nH]c3)ccc2n1. The number of hydrogen-bond donors (Lipinski definition) is 1. The van der Waals surface area contributed by atoms with E-state index in [9.17, 15) is 4.79 Å². The zero-order valence-electron chi connectivity index (χ0n) is 11.7. The van der Waals surface area contributed by atoms with Gasteiger partial charge in [0.15, 0.2) is 0 Å². The zero-order valence-corrected chi connectivity index (χ0v) is 11.7. The molecule has 0 aliphatic heterocycles. The molecule has 106 valence electrons. The van der Waals surface area contributed by atoms with Crippen LogP contribution in [-0.2, 0) is 0 Å². The van der Waals surface area contributed by atoms with Gasteiger partial charge in [0.25, 0.3) is 0 Å². The maximum atomic E-state index is 12.4. The molecule has 4 heteroatoms. The fraction of sp³-hybridized carbons (Fsp3) is 0. The van der Waals surface area contributed by atoms with Crippen LogP contribution in [0.4, 0.5) is 0 Å². The minimum Gasteiger partial charge on any atom is -0.367 e. The van der Waals surface area contributed by atoms with Crippen LogP contribution in [0, 0.1) is 0 Å². The number of carbonyl (C=O) groups is 1. The molecule has 1 aromatic carbocycles. The van der Waals surface area contributed by atoms with Gasteiger partial charge in [-0.25, -0.2) is 4.98 Å². The summed E-state index contributed by atoms with van der Waals surface area (Å²) in [6, 6.07) is 15.1. The predicted molar refractivity (Wildman–Crippen MR) is 84.9 cm³/mol. The van der Waals surface area contributed by atoms with E-state index in [4.69, 9.17) is 0 Å². The molecule has 0 fully saturated rings. The Balaban J connectivity index is 1.76. The molecular weight excluding hydrogens is 274 g/mol. The summed E-state index contributed by atoms with van der Waals surface area (Å²) in [7, 11) is 0. The van der Waals surface area contributed by atoms with Gasteiger partial charge in [0.2, 0.25) is 5.78 Å². The summed E-state index contributed by atoms with van der Waals surface area (Å²) in [5.74, 6) is -0.0625. The molecule has 0 saturated heterocycles. The van der Waals surface area contributed by atoms with Crippen LogP contribution >= 0.6 is 0 Å². The van der Waals surface area contributed by atoms with Crippen molar-refractivity contribution >= 4 is 11.4 Å². The van der Waals surface area contributed by atoms with E-state index in [0.29, 0.717) is 11.3 Å². The number of carbonyl (C=O) groups excluding carboxylic acids is 1. The molecule has 4 aromatic rings. The highest BCUT2D eigenvalue weighted by atomic mass is 16.1. The average molecular weight is 287 g/mol. The van der Waals surface area contributed by atoms with Gasteiger partial charge in [0, 0.05) is 35.9 Å². The summed E-state index contributed by atoms with van der Waals surface area (Å²) in [4.78, 5) is 19.9. The summed E-state index contributed by atoms with van der Waals surface area (Å²) in [5.41, 5.74) is 4.05. The van der Waals surface area contributed by atoms with Crippen molar-refractivity contribution in [1.82, 2.24) is 14.4 Å². The second kappa shape index (κ2) is 5.00. The molecule has 0 aliphatic rings. The summed E-state index contributed by atoms with van der Waals surface area (Å²) in [5, 5.41) is 0. The van der Waals surface area contributed by atoms with Crippen LogP contribution in [0.25, 0.3) is 16.8 Å². The van der Waals surface area contributed by atoms with E-state index in [1.807, 2.05) is 59.4 Å². The van der Waals surface area contributed by atoms with Crippen LogP contribution in [0.15, 0.2) is 73.3 Å². The molecule has 0 aliphatic carbocycles. The largest absolute Gasteiger partial charge is 0.367 e. The van der Waals surface area contributed by atoms with E-state index in [1.54, 1.807) is 18.3 Å². The summed E-state index contributed by atoms with van der Waals surface area (Å²) in [6.45, 7) is 0. The maximum Gasteiger partial charge on any atom is 0.212 e. The molecule has 0 atom stereocenters. The lowest BCUT2D eigenvalue weighted by Crippen LogP contribution is -2.00. The smallest absolute Gasteiger partial charge is 0.212 e. The molecule has 1 N–H and O–H groups in total. The Morgan fingerprint density at radius 2 is 1.82 bits per heavy atom. The predicted octanol–water partition coefficient (Wildman–Crippen LogP) is 3.56. The van der Waals surface area contributed by atoms with E-state index < -0.39 is 0 Å². The first kappa shape index (κ1) is 12.6. The third-order valence-electron chi connectivity index (χ3n) is 3.65. The standard InChI is InChI=1S/C18H13N3O/c22-18(13-4-2-1-3-5-13)16-12-21-11-15(6-7-17(21)20-16)14-8-9-19-10-14/h1-12,19H. The normalized spacial score (nSPS) is 10.9. The molecule has 4 rings (SSSR count). The van der Waals surface area contributed by atoms with Gasteiger partial charge in [0.1, 0.15) is 11.3 Å². The third-order valence-corrected chi connectivity index (χ3v) is 3.65. The van der Waals surface area contributed by atoms with Crippen molar-refractivity contribution in [1.29, 1.82) is 0 Å². The number of H-pyrrole nitrogens is 1. The van der Waals surface area contributed by atoms with Crippen molar-refractivity contribution in [2.45, 2.75) is 0 Å². The topological polar surface area (TPSA) is 50.2 Å². The van der Waals surface area contributed by atoms with Crippen molar-refractivity contribution in [2.75, 3.05) is 0 Å². The van der Waals surface area contributed by atoms with Crippen molar-refractivity contribution < 1.29 is 4.79 Å². The van der Waals surface area contributed by atoms with Crippen LogP contribution in [-0.4, -0.2) is 20.2 Å². The molecule has 22 heavy (non-hydrogen) atoms. The van der Waals surface area contributed by atoms with E-state index in [0.717, 1.165) is 16.8 Å². The molecule has 0 saturated carbocycles. The lowest BCUT2D eigenvalue weighted by molar-refractivity contribution is 0.103. The molecule has 4 nitrogen and oxygen atoms in total. The Morgan fingerprint density at radius 3 is 2.59 bits per heavy atom. The number of imidazole rings is 1. The molecule has 0 amide bonds. The van der Waals surface area contributed by atoms with Gasteiger partial charge in [-0.2, -0.15) is 0 Å². The van der Waals surface area contributed by atoms with Crippen LogP contribution in [0.5, 0.6) is 0 Å². The minimum atomic E-state index is -0.0625. The van der Waals surface area contributed by atoms with Gasteiger partial charge in [-0.3, -0.25) is 4.79 Å². The molecule has 3 heterocycles. The quantitative estimate of drug-likeness (QED) is 0.586. The van der Waals surface area contributed by atoms with Crippen molar-refractivity contribution in [3.05, 3.63) is 84.6 Å². The lowest BCUT2D eigenvalue weighted by Gasteiger charge is -1.98. The van der Waals surface area contributed by atoms with Gasteiger partial charge in [0.05, 0.1) is 0 Å². The fourth-order valence-electron chi connectivity index (χ4n) is 2.51.